The molecule has 2 N–H and O–H groups in total. The minimum Gasteiger partial charge on any atom is -0.480 e. The molecule has 0 saturated carbocycles. The average Bonchev–Trinajstić information content (AvgIpc) is 2.76. The molecule has 20 heavy (non-hydrogen) atoms. The number of carbonyl (C=O) groups is 2. The van der Waals surface area contributed by atoms with Crippen molar-refractivity contribution in [3.63, 3.8) is 0 Å². The molecular weight excluding hydrogens is 278 g/mol. The lowest BCUT2D eigenvalue weighted by molar-refractivity contribution is -0.139. The first-order valence-corrected chi connectivity index (χ1v) is 8.19. The maximum absolute atomic E-state index is 12.2. The molecule has 0 spiro atoms. The molecule has 0 bridgehead atoms. The van der Waals surface area contributed by atoms with Crippen molar-refractivity contribution in [3.05, 3.63) is 0 Å². The molecule has 2 amide bonds. The van der Waals surface area contributed by atoms with Gasteiger partial charge >= 0.3 is 12.0 Å². The number of nitrogens with one attached hydrogen (secondary N) is 1. The number of hydrogen-bond acceptors (Lipinski definition) is 4. The molecule has 6 nitrogen and oxygen atoms in total. The quantitative estimate of drug-likeness (QED) is 0.759. The van der Waals surface area contributed by atoms with Crippen LogP contribution in [0.5, 0.6) is 0 Å². The summed E-state index contributed by atoms with van der Waals surface area (Å²) >= 11 is 1.58. The Bertz CT molecular complexity index is 352. The number of carboxylic acids is 1. The van der Waals surface area contributed by atoms with Gasteiger partial charge in [-0.15, -0.1) is 0 Å². The van der Waals surface area contributed by atoms with E-state index in [-0.39, 0.29) is 6.03 Å². The van der Waals surface area contributed by atoms with Gasteiger partial charge in [0.2, 0.25) is 0 Å². The predicted octanol–water partition coefficient (Wildman–Crippen LogP) is 0.784. The first-order valence-electron chi connectivity index (χ1n) is 6.80. The zero-order chi connectivity index (χ0) is 15.3. The van der Waals surface area contributed by atoms with E-state index in [4.69, 9.17) is 5.11 Å². The van der Waals surface area contributed by atoms with E-state index in [2.05, 4.69) is 17.1 Å². The molecule has 3 atom stereocenters. The summed E-state index contributed by atoms with van der Waals surface area (Å²) < 4.78 is 0. The van der Waals surface area contributed by atoms with Gasteiger partial charge in [0.1, 0.15) is 6.04 Å². The number of likely N-dealkylation sites (N-methyl/N-ethyl adjacent to an activating group) is 1. The molecule has 1 fully saturated rings. The van der Waals surface area contributed by atoms with Gasteiger partial charge in [-0.3, -0.25) is 0 Å². The van der Waals surface area contributed by atoms with E-state index in [1.54, 1.807) is 16.7 Å². The van der Waals surface area contributed by atoms with Crippen molar-refractivity contribution in [1.82, 2.24) is 15.1 Å². The van der Waals surface area contributed by atoms with Crippen LogP contribution in [-0.4, -0.2) is 78.2 Å². The topological polar surface area (TPSA) is 72.9 Å². The van der Waals surface area contributed by atoms with Crippen molar-refractivity contribution < 1.29 is 14.7 Å². The van der Waals surface area contributed by atoms with Crippen LogP contribution in [0.2, 0.25) is 0 Å². The highest BCUT2D eigenvalue weighted by Crippen LogP contribution is 2.20. The largest absolute Gasteiger partial charge is 0.480 e. The maximum atomic E-state index is 12.2. The number of urea groups is 1. The second kappa shape index (κ2) is 7.73. The van der Waals surface area contributed by atoms with Crippen molar-refractivity contribution >= 4 is 23.8 Å². The molecule has 1 rings (SSSR count). The van der Waals surface area contributed by atoms with Gasteiger partial charge in [0.05, 0.1) is 0 Å². The Kier molecular flexibility index (Phi) is 6.61. The summed E-state index contributed by atoms with van der Waals surface area (Å²) in [6.45, 7) is 3.43. The van der Waals surface area contributed by atoms with Gasteiger partial charge in [-0.05, 0) is 38.4 Å². The van der Waals surface area contributed by atoms with Crippen LogP contribution < -0.4 is 5.32 Å². The van der Waals surface area contributed by atoms with Crippen LogP contribution in [0.15, 0.2) is 0 Å². The smallest absolute Gasteiger partial charge is 0.326 e. The second-order valence-corrected chi connectivity index (χ2v) is 6.52. The molecule has 1 aliphatic rings. The van der Waals surface area contributed by atoms with E-state index in [1.165, 1.54) is 0 Å². The lowest BCUT2D eigenvalue weighted by Gasteiger charge is -2.23. The normalized spacial score (nSPS) is 23.9. The molecular formula is C13H25N3O3S. The molecule has 0 aliphatic carbocycles. The SMILES string of the molecule is CSCCC(NC(=O)N1CC(C)C(N(C)C)C1)C(=O)O. The average molecular weight is 303 g/mol. The van der Waals surface area contributed by atoms with Crippen LogP contribution in [0.25, 0.3) is 0 Å². The van der Waals surface area contributed by atoms with Crippen LogP contribution in [0.4, 0.5) is 4.79 Å². The lowest BCUT2D eigenvalue weighted by Crippen LogP contribution is -2.48. The first-order chi connectivity index (χ1) is 9.36. The molecule has 7 heteroatoms. The van der Waals surface area contributed by atoms with Crippen LogP contribution in [-0.2, 0) is 4.79 Å². The number of aliphatic carboxylic acids is 1. The zero-order valence-electron chi connectivity index (χ0n) is 12.6. The third kappa shape index (κ3) is 4.56. The van der Waals surface area contributed by atoms with Gasteiger partial charge in [-0.1, -0.05) is 6.92 Å². The Balaban J connectivity index is 2.55. The van der Waals surface area contributed by atoms with Crippen LogP contribution in [0.3, 0.4) is 0 Å². The second-order valence-electron chi connectivity index (χ2n) is 5.54. The number of carboxylic acid groups (broad SMARTS) is 1. The molecule has 1 saturated heterocycles. The third-order valence-electron chi connectivity index (χ3n) is 3.73. The van der Waals surface area contributed by atoms with Crippen LogP contribution >= 0.6 is 11.8 Å². The zero-order valence-corrected chi connectivity index (χ0v) is 13.4. The van der Waals surface area contributed by atoms with Crippen LogP contribution in [0, 0.1) is 5.92 Å². The number of thioether (sulfide) groups is 1. The fourth-order valence-corrected chi connectivity index (χ4v) is 2.99. The van der Waals surface area contributed by atoms with E-state index in [1.807, 2.05) is 20.4 Å². The van der Waals surface area contributed by atoms with Gasteiger partial charge in [0.15, 0.2) is 0 Å². The molecule has 116 valence electrons. The molecule has 3 unspecified atom stereocenters. The number of hydrogen-bond donors (Lipinski definition) is 2. The van der Waals surface area contributed by atoms with Gasteiger partial charge in [-0.2, -0.15) is 11.8 Å². The summed E-state index contributed by atoms with van der Waals surface area (Å²) in [4.78, 5) is 27.1. The Morgan fingerprint density at radius 3 is 2.55 bits per heavy atom. The van der Waals surface area contributed by atoms with Crippen molar-refractivity contribution in [2.24, 2.45) is 5.92 Å². The summed E-state index contributed by atoms with van der Waals surface area (Å²) in [5, 5.41) is 11.8. The highest BCUT2D eigenvalue weighted by molar-refractivity contribution is 7.98. The maximum Gasteiger partial charge on any atom is 0.326 e. The molecule has 0 aromatic heterocycles. The van der Waals surface area contributed by atoms with Gasteiger partial charge in [0.25, 0.3) is 0 Å². The van der Waals surface area contributed by atoms with Crippen molar-refractivity contribution in [2.75, 3.05) is 39.2 Å². The highest BCUT2D eigenvalue weighted by Gasteiger charge is 2.34. The number of amides is 2. The summed E-state index contributed by atoms with van der Waals surface area (Å²) in [7, 11) is 4.00. The first kappa shape index (κ1) is 17.1. The van der Waals surface area contributed by atoms with E-state index >= 15 is 0 Å². The van der Waals surface area contributed by atoms with Crippen LogP contribution in [0.1, 0.15) is 13.3 Å². The number of nitrogens with zero attached hydrogens (tertiary/aromatic N) is 2. The van der Waals surface area contributed by atoms with Gasteiger partial charge in [0, 0.05) is 19.1 Å². The fourth-order valence-electron chi connectivity index (χ4n) is 2.52. The lowest BCUT2D eigenvalue weighted by atomic mass is 10.1. The minimum absolute atomic E-state index is 0.269. The summed E-state index contributed by atoms with van der Waals surface area (Å²) in [6, 6.07) is -0.742. The molecule has 1 heterocycles. The predicted molar refractivity (Wildman–Crippen MR) is 81.2 cm³/mol. The Morgan fingerprint density at radius 1 is 1.45 bits per heavy atom. The summed E-state index contributed by atoms with van der Waals surface area (Å²) in [6.07, 6.45) is 2.37. The molecule has 0 aromatic rings. The monoisotopic (exact) mass is 303 g/mol. The highest BCUT2D eigenvalue weighted by atomic mass is 32.2. The molecule has 0 aromatic carbocycles. The van der Waals surface area contributed by atoms with Gasteiger partial charge < -0.3 is 20.2 Å². The van der Waals surface area contributed by atoms with E-state index in [0.717, 1.165) is 0 Å². The standard InChI is InChI=1S/C13H25N3O3S/c1-9-7-16(8-11(9)15(2)3)13(19)14-10(12(17)18)5-6-20-4/h9-11H,5-8H2,1-4H3,(H,14,19)(H,17,18). The van der Waals surface area contributed by atoms with Gasteiger partial charge in [-0.25, -0.2) is 9.59 Å². The van der Waals surface area contributed by atoms with E-state index in [9.17, 15) is 9.59 Å². The Morgan fingerprint density at radius 2 is 2.10 bits per heavy atom. The van der Waals surface area contributed by atoms with Crippen molar-refractivity contribution in [2.45, 2.75) is 25.4 Å². The fraction of sp³-hybridized carbons (Fsp3) is 0.846. The number of likely N-dealkylation sites (tertiary alicyclic amines) is 1. The summed E-state index contributed by atoms with van der Waals surface area (Å²) in [5.41, 5.74) is 0. The summed E-state index contributed by atoms with van der Waals surface area (Å²) in [5.74, 6) is 0.141. The van der Waals surface area contributed by atoms with E-state index in [0.29, 0.717) is 37.2 Å². The van der Waals surface area contributed by atoms with Crippen molar-refractivity contribution in [3.8, 4) is 0 Å². The Labute approximate surface area is 124 Å². The van der Waals surface area contributed by atoms with Crippen molar-refractivity contribution in [1.29, 1.82) is 0 Å². The molecule has 0 radical (unpaired) electrons. The van der Waals surface area contributed by atoms with E-state index < -0.39 is 12.0 Å². The molecule has 1 aliphatic heterocycles. The third-order valence-corrected chi connectivity index (χ3v) is 4.37. The minimum atomic E-state index is -0.969. The number of rotatable bonds is 6. The Hall–Kier alpha value is -0.950. The number of carbonyl (C=O) groups excluding carboxylic acids is 1.